The molecule has 0 spiro atoms. The van der Waals surface area contributed by atoms with Crippen molar-refractivity contribution < 1.29 is 13.2 Å². The Morgan fingerprint density at radius 2 is 1.72 bits per heavy atom. The first-order valence-electron chi connectivity index (χ1n) is 9.54. The molecule has 29 heavy (non-hydrogen) atoms. The fourth-order valence-corrected chi connectivity index (χ4v) is 5.51. The molecule has 4 rings (SSSR count). The highest BCUT2D eigenvalue weighted by Gasteiger charge is 2.39. The van der Waals surface area contributed by atoms with Crippen LogP contribution in [0.25, 0.3) is 10.8 Å². The minimum Gasteiger partial charge on any atom is -0.338 e. The van der Waals surface area contributed by atoms with Crippen LogP contribution in [0.1, 0.15) is 19.3 Å². The molecule has 2 aromatic carbocycles. The van der Waals surface area contributed by atoms with E-state index < -0.39 is 16.1 Å². The zero-order valence-electron chi connectivity index (χ0n) is 15.7. The Morgan fingerprint density at radius 1 is 1.03 bits per heavy atom. The van der Waals surface area contributed by atoms with E-state index in [9.17, 15) is 13.2 Å². The van der Waals surface area contributed by atoms with Gasteiger partial charge in [0.25, 0.3) is 0 Å². The quantitative estimate of drug-likeness (QED) is 0.748. The van der Waals surface area contributed by atoms with E-state index in [0.29, 0.717) is 31.1 Å². The third-order valence-corrected chi connectivity index (χ3v) is 7.37. The van der Waals surface area contributed by atoms with E-state index in [-0.39, 0.29) is 16.8 Å². The largest absolute Gasteiger partial charge is 0.338 e. The van der Waals surface area contributed by atoms with Gasteiger partial charge in [-0.3, -0.25) is 4.79 Å². The van der Waals surface area contributed by atoms with E-state index in [4.69, 9.17) is 16.9 Å². The number of hydrogen-bond acceptors (Lipinski definition) is 5. The highest BCUT2D eigenvalue weighted by Crippen LogP contribution is 2.25. The van der Waals surface area contributed by atoms with Crippen LogP contribution in [0, 0.1) is 11.5 Å². The fraction of sp³-hybridized carbons (Fsp3) is 0.400. The molecule has 0 aliphatic carbocycles. The number of halogens is 1. The van der Waals surface area contributed by atoms with Crippen molar-refractivity contribution in [3.8, 4) is 6.19 Å². The number of nitrogens with one attached hydrogen (secondary N) is 1. The number of nitrogens with zero attached hydrogens (tertiary/aromatic N) is 3. The summed E-state index contributed by atoms with van der Waals surface area (Å²) in [4.78, 5) is 16.4. The van der Waals surface area contributed by atoms with Gasteiger partial charge in [0.15, 0.2) is 6.19 Å². The van der Waals surface area contributed by atoms with Crippen LogP contribution in [0.2, 0.25) is 5.02 Å². The smallest absolute Gasteiger partial charge is 0.241 e. The molecule has 9 heteroatoms. The molecule has 7 nitrogen and oxygen atoms in total. The fourth-order valence-electron chi connectivity index (χ4n) is 4.07. The van der Waals surface area contributed by atoms with Gasteiger partial charge in [-0.15, -0.1) is 0 Å². The van der Waals surface area contributed by atoms with Crippen LogP contribution in [0.3, 0.4) is 0 Å². The van der Waals surface area contributed by atoms with Crippen molar-refractivity contribution in [2.75, 3.05) is 19.6 Å². The Labute approximate surface area is 174 Å². The lowest BCUT2D eigenvalue weighted by molar-refractivity contribution is -0.131. The van der Waals surface area contributed by atoms with E-state index >= 15 is 0 Å². The van der Waals surface area contributed by atoms with Crippen LogP contribution in [-0.4, -0.2) is 55.8 Å². The number of carbonyl (C=O) groups is 1. The topological polar surface area (TPSA) is 93.5 Å². The van der Waals surface area contributed by atoms with Gasteiger partial charge >= 0.3 is 0 Å². The number of nitriles is 1. The molecule has 0 radical (unpaired) electrons. The average molecular weight is 433 g/mol. The third-order valence-electron chi connectivity index (χ3n) is 5.67. The van der Waals surface area contributed by atoms with Crippen molar-refractivity contribution in [1.82, 2.24) is 14.5 Å². The van der Waals surface area contributed by atoms with Gasteiger partial charge in [-0.1, -0.05) is 23.7 Å². The Morgan fingerprint density at radius 3 is 2.45 bits per heavy atom. The van der Waals surface area contributed by atoms with Crippen molar-refractivity contribution in [2.24, 2.45) is 0 Å². The van der Waals surface area contributed by atoms with Gasteiger partial charge in [-0.25, -0.2) is 8.42 Å². The molecule has 2 aliphatic heterocycles. The van der Waals surface area contributed by atoms with Gasteiger partial charge in [0.05, 0.1) is 4.90 Å². The second kappa shape index (κ2) is 7.82. The molecule has 0 bridgehead atoms. The summed E-state index contributed by atoms with van der Waals surface area (Å²) in [6, 6.07) is 9.38. The van der Waals surface area contributed by atoms with Crippen molar-refractivity contribution >= 4 is 38.3 Å². The van der Waals surface area contributed by atoms with Gasteiger partial charge < -0.3 is 9.80 Å². The van der Waals surface area contributed by atoms with Gasteiger partial charge in [0.1, 0.15) is 6.04 Å². The van der Waals surface area contributed by atoms with E-state index in [0.717, 1.165) is 23.6 Å². The zero-order valence-corrected chi connectivity index (χ0v) is 17.3. The second-order valence-corrected chi connectivity index (χ2v) is 9.62. The maximum absolute atomic E-state index is 12.9. The van der Waals surface area contributed by atoms with Gasteiger partial charge in [-0.2, -0.15) is 9.98 Å². The highest BCUT2D eigenvalue weighted by molar-refractivity contribution is 7.89. The number of benzene rings is 2. The van der Waals surface area contributed by atoms with E-state index in [1.165, 1.54) is 6.07 Å². The van der Waals surface area contributed by atoms with Crippen LogP contribution < -0.4 is 4.72 Å². The summed E-state index contributed by atoms with van der Waals surface area (Å²) in [5.74, 6) is -0.184. The van der Waals surface area contributed by atoms with Crippen LogP contribution in [0.4, 0.5) is 0 Å². The molecule has 2 aliphatic rings. The van der Waals surface area contributed by atoms with Crippen LogP contribution in [0.15, 0.2) is 41.3 Å². The van der Waals surface area contributed by atoms with E-state index in [2.05, 4.69) is 10.9 Å². The Kier molecular flexibility index (Phi) is 5.38. The maximum atomic E-state index is 12.9. The predicted octanol–water partition coefficient (Wildman–Crippen LogP) is 2.32. The molecule has 2 fully saturated rings. The molecule has 0 saturated carbocycles. The van der Waals surface area contributed by atoms with E-state index in [1.807, 2.05) is 0 Å². The molecule has 2 aromatic rings. The summed E-state index contributed by atoms with van der Waals surface area (Å²) in [5, 5.41) is 11.2. The van der Waals surface area contributed by atoms with E-state index in [1.54, 1.807) is 40.1 Å². The normalized spacial score (nSPS) is 21.0. The molecule has 1 N–H and O–H groups in total. The zero-order chi connectivity index (χ0) is 20.6. The van der Waals surface area contributed by atoms with Crippen LogP contribution >= 0.6 is 11.6 Å². The van der Waals surface area contributed by atoms with Crippen molar-refractivity contribution in [3.63, 3.8) is 0 Å². The van der Waals surface area contributed by atoms with Gasteiger partial charge in [0, 0.05) is 30.7 Å². The lowest BCUT2D eigenvalue weighted by Crippen LogP contribution is -2.47. The number of sulfonamides is 1. The lowest BCUT2D eigenvalue weighted by atomic mass is 10.0. The summed E-state index contributed by atoms with van der Waals surface area (Å²) in [6.07, 6.45) is 4.03. The summed E-state index contributed by atoms with van der Waals surface area (Å²) in [5.41, 5.74) is 0. The number of rotatable bonds is 4. The van der Waals surface area contributed by atoms with Crippen LogP contribution in [0.5, 0.6) is 0 Å². The minimum absolute atomic E-state index is 0.0621. The summed E-state index contributed by atoms with van der Waals surface area (Å²) < 4.78 is 28.3. The maximum Gasteiger partial charge on any atom is 0.241 e. The number of piperidine rings is 1. The predicted molar refractivity (Wildman–Crippen MR) is 110 cm³/mol. The number of fused-ring (bicyclic) bond motifs is 1. The lowest BCUT2D eigenvalue weighted by Gasteiger charge is -2.34. The van der Waals surface area contributed by atoms with Gasteiger partial charge in [0.2, 0.25) is 15.9 Å². The van der Waals surface area contributed by atoms with Crippen molar-refractivity contribution in [2.45, 2.75) is 36.2 Å². The number of hydrogen-bond donors (Lipinski definition) is 1. The molecule has 0 aromatic heterocycles. The Hall–Kier alpha value is -2.34. The van der Waals surface area contributed by atoms with Crippen LogP contribution in [-0.2, 0) is 14.8 Å². The second-order valence-electron chi connectivity index (χ2n) is 7.47. The SMILES string of the molecule is N#CN1CCC(N2CCC(NS(=O)(=O)c3ccc4cc(Cl)ccc4c3)C2=O)CC1. The molecule has 1 unspecified atom stereocenters. The first kappa shape index (κ1) is 20.0. The van der Waals surface area contributed by atoms with Crippen molar-refractivity contribution in [3.05, 3.63) is 41.4 Å². The first-order valence-corrected chi connectivity index (χ1v) is 11.4. The molecule has 1 atom stereocenters. The van der Waals surface area contributed by atoms with Gasteiger partial charge in [-0.05, 0) is 54.3 Å². The number of amides is 1. The van der Waals surface area contributed by atoms with Crippen molar-refractivity contribution in [1.29, 1.82) is 5.26 Å². The molecule has 152 valence electrons. The Balaban J connectivity index is 1.47. The number of likely N-dealkylation sites (tertiary alicyclic amines) is 2. The minimum atomic E-state index is -3.83. The number of carbonyl (C=O) groups excluding carboxylic acids is 1. The monoisotopic (exact) mass is 432 g/mol. The standard InChI is InChI=1S/C20H21ClN4O3S/c21-16-3-1-15-12-18(4-2-14(15)11-16)29(27,28)23-19-7-10-25(20(19)26)17-5-8-24(13-22)9-6-17/h1-4,11-12,17,19,23H,5-10H2. The third kappa shape index (κ3) is 4.04. The molecule has 2 heterocycles. The summed E-state index contributed by atoms with van der Waals surface area (Å²) >= 11 is 5.98. The summed E-state index contributed by atoms with van der Waals surface area (Å²) in [7, 11) is -3.83. The average Bonchev–Trinajstić information content (AvgIpc) is 3.07. The molecule has 1 amide bonds. The first-order chi connectivity index (χ1) is 13.9. The molecular formula is C20H21ClN4O3S. The molecular weight excluding hydrogens is 412 g/mol. The Bertz CT molecular complexity index is 1090. The summed E-state index contributed by atoms with van der Waals surface area (Å²) in [6.45, 7) is 1.78. The highest BCUT2D eigenvalue weighted by atomic mass is 35.5. The molecule has 2 saturated heterocycles.